The van der Waals surface area contributed by atoms with Crippen LogP contribution in [0, 0.1) is 0 Å². The monoisotopic (exact) mass is 610 g/mol. The minimum atomic E-state index is -1.20. The number of rotatable bonds is 9. The van der Waals surface area contributed by atoms with Crippen LogP contribution in [-0.4, -0.2) is 68.8 Å². The Morgan fingerprint density at radius 1 is 0.773 bits per heavy atom. The van der Waals surface area contributed by atoms with Gasteiger partial charge in [-0.15, -0.1) is 11.8 Å². The number of aromatic nitrogens is 4. The van der Waals surface area contributed by atoms with E-state index in [-0.39, 0.29) is 17.7 Å². The van der Waals surface area contributed by atoms with Crippen LogP contribution in [-0.2, 0) is 18.9 Å². The summed E-state index contributed by atoms with van der Waals surface area (Å²) in [5.74, 6) is -1.93. The Morgan fingerprint density at radius 2 is 1.32 bits per heavy atom. The summed E-state index contributed by atoms with van der Waals surface area (Å²) < 4.78 is 25.4. The maximum Gasteiger partial charge on any atom is 0.338 e. The molecule has 4 atom stereocenters. The third-order valence-electron chi connectivity index (χ3n) is 6.97. The fourth-order valence-corrected chi connectivity index (χ4v) is 5.36. The van der Waals surface area contributed by atoms with Crippen LogP contribution in [0.2, 0.25) is 0 Å². The maximum absolute atomic E-state index is 13.4. The summed E-state index contributed by atoms with van der Waals surface area (Å²) in [7, 11) is 0. The molecule has 3 aromatic carbocycles. The van der Waals surface area contributed by atoms with Gasteiger partial charge in [0.1, 0.15) is 24.1 Å². The Bertz CT molecular complexity index is 1770. The average Bonchev–Trinajstić information content (AvgIpc) is 3.65. The number of benzene rings is 3. The molecule has 1 aliphatic rings. The third kappa shape index (κ3) is 6.03. The number of carbonyl (C=O) groups is 3. The zero-order chi connectivity index (χ0) is 30.5. The molecular weight excluding hydrogens is 584 g/mol. The van der Waals surface area contributed by atoms with Crippen molar-refractivity contribution in [1.82, 2.24) is 19.7 Å². The van der Waals surface area contributed by atoms with Crippen molar-refractivity contribution in [2.45, 2.75) is 29.6 Å². The maximum atomic E-state index is 13.4. The smallest absolute Gasteiger partial charge is 0.338 e. The van der Waals surface area contributed by atoms with E-state index in [1.165, 1.54) is 22.8 Å². The molecule has 0 amide bonds. The van der Waals surface area contributed by atoms with Crippen LogP contribution in [0.4, 0.5) is 0 Å². The predicted molar refractivity (Wildman–Crippen MR) is 159 cm³/mol. The van der Waals surface area contributed by atoms with Gasteiger partial charge in [0.05, 0.1) is 28.3 Å². The molecule has 0 bridgehead atoms. The van der Waals surface area contributed by atoms with Crippen molar-refractivity contribution < 1.29 is 33.3 Å². The fourth-order valence-electron chi connectivity index (χ4n) is 4.84. The van der Waals surface area contributed by atoms with E-state index in [1.54, 1.807) is 97.2 Å². The van der Waals surface area contributed by atoms with Crippen molar-refractivity contribution in [1.29, 1.82) is 0 Å². The van der Waals surface area contributed by atoms with Gasteiger partial charge >= 0.3 is 17.9 Å². The van der Waals surface area contributed by atoms with Gasteiger partial charge in [-0.05, 0) is 42.7 Å². The lowest BCUT2D eigenvalue weighted by Crippen LogP contribution is -2.41. The summed E-state index contributed by atoms with van der Waals surface area (Å²) in [6.45, 7) is -0.305. The van der Waals surface area contributed by atoms with Gasteiger partial charge in [-0.1, -0.05) is 54.6 Å². The Balaban J connectivity index is 1.38. The van der Waals surface area contributed by atoms with E-state index in [1.807, 2.05) is 6.26 Å². The van der Waals surface area contributed by atoms with Crippen molar-refractivity contribution in [3.05, 3.63) is 120 Å². The summed E-state index contributed by atoms with van der Waals surface area (Å²) in [5, 5.41) is 5.85. The first kappa shape index (κ1) is 29.0. The molecule has 4 unspecified atom stereocenters. The zero-order valence-electron chi connectivity index (χ0n) is 23.4. The first-order chi connectivity index (χ1) is 21.5. The van der Waals surface area contributed by atoms with Crippen molar-refractivity contribution in [3.63, 3.8) is 0 Å². The highest BCUT2D eigenvalue weighted by molar-refractivity contribution is 7.98. The van der Waals surface area contributed by atoms with Gasteiger partial charge in [0.15, 0.2) is 24.1 Å². The highest BCUT2D eigenvalue weighted by Crippen LogP contribution is 2.37. The van der Waals surface area contributed by atoms with E-state index < -0.39 is 42.4 Å². The average molecular weight is 611 g/mol. The molecule has 1 saturated heterocycles. The molecule has 0 saturated carbocycles. The SMILES string of the molecule is CSc1ncnc2c1cnn2C1OC(COC(=O)c2ccccc2)C(OC(=O)c2ccccc2)C1OC(=O)c1ccccc1. The van der Waals surface area contributed by atoms with E-state index in [2.05, 4.69) is 15.1 Å². The van der Waals surface area contributed by atoms with Crippen molar-refractivity contribution in [2.24, 2.45) is 0 Å². The van der Waals surface area contributed by atoms with Crippen molar-refractivity contribution >= 4 is 40.7 Å². The first-order valence-corrected chi connectivity index (χ1v) is 14.9. The number of carbonyl (C=O) groups excluding carboxylic acids is 3. The summed E-state index contributed by atoms with van der Waals surface area (Å²) in [5.41, 5.74) is 1.33. The van der Waals surface area contributed by atoms with Crippen LogP contribution in [0.5, 0.6) is 0 Å². The van der Waals surface area contributed by atoms with E-state index in [0.717, 1.165) is 0 Å². The lowest BCUT2D eigenvalue weighted by molar-refractivity contribution is -0.0654. The van der Waals surface area contributed by atoms with Gasteiger partial charge in [-0.25, -0.2) is 29.0 Å². The van der Waals surface area contributed by atoms with E-state index in [4.69, 9.17) is 18.9 Å². The number of fused-ring (bicyclic) bond motifs is 1. The minimum Gasteiger partial charge on any atom is -0.459 e. The van der Waals surface area contributed by atoms with Crippen LogP contribution in [0.25, 0.3) is 11.0 Å². The molecule has 0 N–H and O–H groups in total. The van der Waals surface area contributed by atoms with Crippen LogP contribution in [0.1, 0.15) is 37.3 Å². The number of hydrogen-bond acceptors (Lipinski definition) is 11. The summed E-state index contributed by atoms with van der Waals surface area (Å²) in [6, 6.07) is 25.3. The minimum absolute atomic E-state index is 0.283. The molecule has 2 aromatic heterocycles. The van der Waals surface area contributed by atoms with Gasteiger partial charge in [0.2, 0.25) is 0 Å². The summed E-state index contributed by atoms with van der Waals surface area (Å²) >= 11 is 1.42. The van der Waals surface area contributed by atoms with Crippen LogP contribution in [0.15, 0.2) is 109 Å². The Kier molecular flexibility index (Phi) is 8.62. The van der Waals surface area contributed by atoms with Gasteiger partial charge in [-0.2, -0.15) is 5.10 Å². The lowest BCUT2D eigenvalue weighted by atomic mass is 10.1. The second-order valence-corrected chi connectivity index (χ2v) is 10.5. The zero-order valence-corrected chi connectivity index (χ0v) is 24.2. The number of nitrogens with zero attached hydrogens (tertiary/aromatic N) is 4. The topological polar surface area (TPSA) is 132 Å². The Hall–Kier alpha value is -5.07. The molecule has 6 rings (SSSR count). The molecule has 0 spiro atoms. The second kappa shape index (κ2) is 13.1. The fraction of sp³-hybridized carbons (Fsp3) is 0.188. The Morgan fingerprint density at radius 3 is 1.89 bits per heavy atom. The molecule has 1 aliphatic heterocycles. The van der Waals surface area contributed by atoms with Gasteiger partial charge in [0, 0.05) is 0 Å². The van der Waals surface area contributed by atoms with Gasteiger partial charge < -0.3 is 18.9 Å². The van der Waals surface area contributed by atoms with Crippen molar-refractivity contribution in [3.8, 4) is 0 Å². The standard InChI is InChI=1S/C32H26N4O7S/c1-44-28-23-17-35-36(27(23)33-19-34-28)29-26(43-32(39)22-15-9-4-10-16-22)25(42-31(38)21-13-7-3-8-14-21)24(41-29)18-40-30(37)20-11-5-2-6-12-20/h2-17,19,24-26,29H,18H2,1H3. The molecule has 12 heteroatoms. The molecule has 5 aromatic rings. The molecular formula is C32H26N4O7S. The predicted octanol–water partition coefficient (Wildman–Crippen LogP) is 4.75. The molecule has 44 heavy (non-hydrogen) atoms. The largest absolute Gasteiger partial charge is 0.459 e. The number of ether oxygens (including phenoxy) is 4. The van der Waals surface area contributed by atoms with Gasteiger partial charge in [0.25, 0.3) is 0 Å². The molecule has 0 aliphatic carbocycles. The van der Waals surface area contributed by atoms with Crippen LogP contribution < -0.4 is 0 Å². The molecule has 3 heterocycles. The van der Waals surface area contributed by atoms with Crippen molar-refractivity contribution in [2.75, 3.05) is 12.9 Å². The van der Waals surface area contributed by atoms with Crippen LogP contribution in [0.3, 0.4) is 0 Å². The van der Waals surface area contributed by atoms with Gasteiger partial charge in [-0.3, -0.25) is 0 Å². The number of thioether (sulfide) groups is 1. The third-order valence-corrected chi connectivity index (χ3v) is 7.68. The quantitative estimate of drug-likeness (QED) is 0.0991. The second-order valence-electron chi connectivity index (χ2n) is 9.71. The highest BCUT2D eigenvalue weighted by Gasteiger charge is 2.52. The lowest BCUT2D eigenvalue weighted by Gasteiger charge is -2.24. The summed E-state index contributed by atoms with van der Waals surface area (Å²) in [6.07, 6.45) is 0.351. The van der Waals surface area contributed by atoms with Crippen LogP contribution >= 0.6 is 11.8 Å². The molecule has 1 fully saturated rings. The molecule has 0 radical (unpaired) electrons. The normalized spacial score (nSPS) is 19.4. The highest BCUT2D eigenvalue weighted by atomic mass is 32.2. The summed E-state index contributed by atoms with van der Waals surface area (Å²) in [4.78, 5) is 48.2. The van der Waals surface area contributed by atoms with E-state index >= 15 is 0 Å². The molecule has 222 valence electrons. The van der Waals surface area contributed by atoms with E-state index in [9.17, 15) is 14.4 Å². The number of esters is 3. The van der Waals surface area contributed by atoms with E-state index in [0.29, 0.717) is 21.6 Å². The Labute approximate surface area is 256 Å². The number of hydrogen-bond donors (Lipinski definition) is 0. The molecule has 11 nitrogen and oxygen atoms in total. The first-order valence-electron chi connectivity index (χ1n) is 13.7.